The zero-order chi connectivity index (χ0) is 21.0. The van der Waals surface area contributed by atoms with E-state index in [-0.39, 0.29) is 17.6 Å². The molecule has 0 saturated carbocycles. The van der Waals surface area contributed by atoms with Crippen LogP contribution in [0.15, 0.2) is 29.4 Å². The van der Waals surface area contributed by atoms with Crippen LogP contribution in [0, 0.1) is 20.8 Å². The Morgan fingerprint density at radius 1 is 1.17 bits per heavy atom. The van der Waals surface area contributed by atoms with Gasteiger partial charge in [-0.3, -0.25) is 4.79 Å². The lowest BCUT2D eigenvalue weighted by atomic mass is 10.1. The molecule has 0 fully saturated rings. The number of aryl methyl sites for hydroxylation is 3. The molecule has 1 N–H and O–H groups in total. The zero-order valence-corrected chi connectivity index (χ0v) is 18.2. The summed E-state index contributed by atoms with van der Waals surface area (Å²) in [5.41, 5.74) is 3.94. The van der Waals surface area contributed by atoms with E-state index < -0.39 is 0 Å². The zero-order valence-electron chi connectivity index (χ0n) is 16.6. The second-order valence-corrected chi connectivity index (χ2v) is 8.32. The van der Waals surface area contributed by atoms with Gasteiger partial charge in [-0.15, -0.1) is 16.4 Å². The molecule has 10 heteroatoms. The largest absolute Gasteiger partial charge is 0.462 e. The predicted molar refractivity (Wildman–Crippen MR) is 113 cm³/mol. The van der Waals surface area contributed by atoms with Gasteiger partial charge in [0.1, 0.15) is 4.88 Å². The first-order valence-corrected chi connectivity index (χ1v) is 10.8. The smallest absolute Gasteiger partial charge is 0.348 e. The lowest BCUT2D eigenvalue weighted by molar-refractivity contribution is -0.113. The molecular formula is C19H21N5O3S2. The lowest BCUT2D eigenvalue weighted by Crippen LogP contribution is -2.13. The number of hydrogen-bond donors (Lipinski definition) is 1. The molecule has 0 aliphatic heterocycles. The molecule has 29 heavy (non-hydrogen) atoms. The van der Waals surface area contributed by atoms with E-state index in [9.17, 15) is 9.59 Å². The van der Waals surface area contributed by atoms with E-state index in [1.54, 1.807) is 17.7 Å². The van der Waals surface area contributed by atoms with Crippen molar-refractivity contribution in [3.05, 3.63) is 45.8 Å². The van der Waals surface area contributed by atoms with Gasteiger partial charge in [0.2, 0.25) is 11.1 Å². The number of hydrogen-bond acceptors (Lipinski definition) is 8. The van der Waals surface area contributed by atoms with Crippen molar-refractivity contribution in [3.8, 4) is 5.69 Å². The van der Waals surface area contributed by atoms with Gasteiger partial charge in [-0.2, -0.15) is 4.68 Å². The van der Waals surface area contributed by atoms with Crippen LogP contribution in [0.4, 0.5) is 5.00 Å². The molecule has 2 heterocycles. The summed E-state index contributed by atoms with van der Waals surface area (Å²) in [6.07, 6.45) is 0. The highest BCUT2D eigenvalue weighted by Crippen LogP contribution is 2.28. The highest BCUT2D eigenvalue weighted by Gasteiger charge is 2.17. The van der Waals surface area contributed by atoms with Crippen LogP contribution in [0.1, 0.15) is 33.3 Å². The maximum absolute atomic E-state index is 12.4. The van der Waals surface area contributed by atoms with Gasteiger partial charge in [-0.05, 0) is 73.0 Å². The fraction of sp³-hybridized carbons (Fsp3) is 0.316. The van der Waals surface area contributed by atoms with Crippen molar-refractivity contribution in [2.24, 2.45) is 0 Å². The third-order valence-corrected chi connectivity index (χ3v) is 6.20. The topological polar surface area (TPSA) is 99.0 Å². The molecule has 1 amide bonds. The molecule has 8 nitrogen and oxygen atoms in total. The average Bonchev–Trinajstić information content (AvgIpc) is 3.29. The van der Waals surface area contributed by atoms with Crippen LogP contribution in [0.5, 0.6) is 0 Å². The normalized spacial score (nSPS) is 10.8. The number of carbonyl (C=O) groups excluding carboxylic acids is 2. The van der Waals surface area contributed by atoms with E-state index in [1.807, 2.05) is 39.0 Å². The summed E-state index contributed by atoms with van der Waals surface area (Å²) >= 11 is 2.44. The molecule has 1 aromatic carbocycles. The molecule has 2 aromatic heterocycles. The van der Waals surface area contributed by atoms with E-state index >= 15 is 0 Å². The van der Waals surface area contributed by atoms with Crippen molar-refractivity contribution in [2.45, 2.75) is 32.9 Å². The van der Waals surface area contributed by atoms with Gasteiger partial charge in [0.15, 0.2) is 0 Å². The van der Waals surface area contributed by atoms with Gasteiger partial charge in [-0.1, -0.05) is 17.8 Å². The summed E-state index contributed by atoms with van der Waals surface area (Å²) in [5.74, 6) is -0.449. The molecule has 3 rings (SSSR count). The number of carbonyl (C=O) groups is 2. The van der Waals surface area contributed by atoms with Crippen molar-refractivity contribution >= 4 is 40.0 Å². The number of ether oxygens (including phenoxy) is 1. The Hall–Kier alpha value is -2.72. The SMILES string of the molecule is CCOC(=O)c1sc(NC(=O)CSc2nnnn2-c2ccc(C)c(C)c2)cc1C. The quantitative estimate of drug-likeness (QED) is 0.451. The van der Waals surface area contributed by atoms with Crippen LogP contribution in [-0.2, 0) is 9.53 Å². The van der Waals surface area contributed by atoms with Gasteiger partial charge in [-0.25, -0.2) is 4.79 Å². The molecule has 0 aliphatic carbocycles. The fourth-order valence-corrected chi connectivity index (χ4v) is 4.21. The van der Waals surface area contributed by atoms with Crippen LogP contribution >= 0.6 is 23.1 Å². The second kappa shape index (κ2) is 9.19. The molecule has 0 bridgehead atoms. The first-order chi connectivity index (χ1) is 13.9. The van der Waals surface area contributed by atoms with Crippen LogP contribution in [0.25, 0.3) is 5.69 Å². The molecule has 0 spiro atoms. The summed E-state index contributed by atoms with van der Waals surface area (Å²) in [6, 6.07) is 7.71. The summed E-state index contributed by atoms with van der Waals surface area (Å²) in [5, 5.41) is 15.7. The van der Waals surface area contributed by atoms with Gasteiger partial charge in [0.05, 0.1) is 23.0 Å². The number of anilines is 1. The maximum atomic E-state index is 12.4. The number of rotatable bonds is 7. The van der Waals surface area contributed by atoms with Crippen LogP contribution in [0.3, 0.4) is 0 Å². The Morgan fingerprint density at radius 2 is 1.97 bits per heavy atom. The standard InChI is InChI=1S/C19H21N5O3S2/c1-5-27-18(26)17-13(4)9-16(29-17)20-15(25)10-28-19-21-22-23-24(19)14-7-6-11(2)12(3)8-14/h6-9H,5,10H2,1-4H3,(H,20,25). The number of nitrogens with zero attached hydrogens (tertiary/aromatic N) is 4. The highest BCUT2D eigenvalue weighted by atomic mass is 32.2. The number of amides is 1. The maximum Gasteiger partial charge on any atom is 0.348 e. The number of thiophene rings is 1. The third-order valence-electron chi connectivity index (χ3n) is 4.15. The summed E-state index contributed by atoms with van der Waals surface area (Å²) in [7, 11) is 0. The van der Waals surface area contributed by atoms with Crippen LogP contribution in [-0.4, -0.2) is 44.4 Å². The second-order valence-electron chi connectivity index (χ2n) is 6.32. The summed E-state index contributed by atoms with van der Waals surface area (Å²) < 4.78 is 6.63. The van der Waals surface area contributed by atoms with Crippen molar-refractivity contribution < 1.29 is 14.3 Å². The Morgan fingerprint density at radius 3 is 2.69 bits per heavy atom. The molecule has 0 unspecified atom stereocenters. The molecule has 0 atom stereocenters. The molecular weight excluding hydrogens is 410 g/mol. The minimum Gasteiger partial charge on any atom is -0.462 e. The number of nitrogens with one attached hydrogen (secondary N) is 1. The molecule has 0 aliphatic rings. The van der Waals surface area contributed by atoms with Crippen LogP contribution < -0.4 is 5.32 Å². The average molecular weight is 432 g/mol. The number of benzene rings is 1. The minimum absolute atomic E-state index is 0.136. The Kier molecular flexibility index (Phi) is 6.65. The van der Waals surface area contributed by atoms with Crippen LogP contribution in [0.2, 0.25) is 0 Å². The van der Waals surface area contributed by atoms with Gasteiger partial charge < -0.3 is 10.1 Å². The Bertz CT molecular complexity index is 1040. The van der Waals surface area contributed by atoms with E-state index in [2.05, 4.69) is 20.8 Å². The number of thioether (sulfide) groups is 1. The summed E-state index contributed by atoms with van der Waals surface area (Å²) in [6.45, 7) is 7.94. The van der Waals surface area contributed by atoms with Gasteiger partial charge >= 0.3 is 5.97 Å². The Labute approximate surface area is 176 Å². The minimum atomic E-state index is -0.377. The highest BCUT2D eigenvalue weighted by molar-refractivity contribution is 7.99. The fourth-order valence-electron chi connectivity index (χ4n) is 2.53. The third kappa shape index (κ3) is 5.01. The predicted octanol–water partition coefficient (Wildman–Crippen LogP) is 3.56. The van der Waals surface area contributed by atoms with E-state index in [1.165, 1.54) is 28.7 Å². The van der Waals surface area contributed by atoms with Crippen molar-refractivity contribution in [2.75, 3.05) is 17.7 Å². The summed E-state index contributed by atoms with van der Waals surface area (Å²) in [4.78, 5) is 24.8. The lowest BCUT2D eigenvalue weighted by Gasteiger charge is -2.07. The monoisotopic (exact) mass is 431 g/mol. The Balaban J connectivity index is 1.64. The van der Waals surface area contributed by atoms with Gasteiger partial charge in [0.25, 0.3) is 0 Å². The van der Waals surface area contributed by atoms with E-state index in [0.717, 1.165) is 16.8 Å². The number of tetrazole rings is 1. The molecule has 3 aromatic rings. The molecule has 152 valence electrons. The molecule has 0 saturated heterocycles. The van der Waals surface area contributed by atoms with Crippen molar-refractivity contribution in [1.29, 1.82) is 0 Å². The molecule has 0 radical (unpaired) electrons. The number of aromatic nitrogens is 4. The van der Waals surface area contributed by atoms with Crippen molar-refractivity contribution in [1.82, 2.24) is 20.2 Å². The first kappa shape index (κ1) is 21.0. The number of esters is 1. The van der Waals surface area contributed by atoms with E-state index in [0.29, 0.717) is 21.6 Å². The van der Waals surface area contributed by atoms with Crippen molar-refractivity contribution in [3.63, 3.8) is 0 Å². The van der Waals surface area contributed by atoms with Gasteiger partial charge in [0, 0.05) is 0 Å². The van der Waals surface area contributed by atoms with E-state index in [4.69, 9.17) is 4.74 Å². The first-order valence-electron chi connectivity index (χ1n) is 8.95.